The molecule has 2 heterocycles. The third kappa shape index (κ3) is 1.65. The molecule has 1 atom stereocenters. The van der Waals surface area contributed by atoms with Gasteiger partial charge < -0.3 is 5.11 Å². The molecule has 17 heavy (non-hydrogen) atoms. The third-order valence-electron chi connectivity index (χ3n) is 4.26. The molecule has 0 saturated carbocycles. The van der Waals surface area contributed by atoms with Crippen molar-refractivity contribution in [3.05, 3.63) is 29.3 Å². The fourth-order valence-corrected chi connectivity index (χ4v) is 3.27. The van der Waals surface area contributed by atoms with Crippen LogP contribution in [0.15, 0.2) is 18.2 Å². The van der Waals surface area contributed by atoms with Crippen LogP contribution in [0.25, 0.3) is 0 Å². The van der Waals surface area contributed by atoms with Crippen molar-refractivity contribution in [2.45, 2.75) is 31.8 Å². The summed E-state index contributed by atoms with van der Waals surface area (Å²) in [5.74, 6) is 0.453. The first-order valence-electron chi connectivity index (χ1n) is 6.53. The van der Waals surface area contributed by atoms with E-state index in [1.54, 1.807) is 6.07 Å². The number of phenols is 1. The van der Waals surface area contributed by atoms with Gasteiger partial charge in [-0.05, 0) is 37.8 Å². The Labute approximate surface area is 102 Å². The minimum atomic E-state index is -0.0944. The average Bonchev–Trinajstić information content (AvgIpc) is 2.85. The second kappa shape index (κ2) is 4.00. The fourth-order valence-electron chi connectivity index (χ4n) is 3.27. The second-order valence-electron chi connectivity index (χ2n) is 5.25. The zero-order valence-corrected chi connectivity index (χ0v) is 10.4. The first-order chi connectivity index (χ1) is 8.22. The molecule has 1 aromatic carbocycles. The van der Waals surface area contributed by atoms with E-state index in [2.05, 4.69) is 23.2 Å². The van der Waals surface area contributed by atoms with Crippen molar-refractivity contribution in [3.8, 4) is 5.75 Å². The number of nitrogens with zero attached hydrogens (tertiary/aromatic N) is 1. The highest BCUT2D eigenvalue weighted by molar-refractivity contribution is 5.44. The molecule has 0 bridgehead atoms. The Kier molecular flexibility index (Phi) is 2.60. The summed E-state index contributed by atoms with van der Waals surface area (Å²) in [5.41, 5.74) is 2.29. The molecule has 2 aliphatic heterocycles. The smallest absolute Gasteiger partial charge is 0.119 e. The molecule has 3 rings (SSSR count). The minimum absolute atomic E-state index is 0.0944. The normalized spacial score (nSPS) is 29.2. The van der Waals surface area contributed by atoms with Crippen molar-refractivity contribution in [3.63, 3.8) is 0 Å². The van der Waals surface area contributed by atoms with Crippen LogP contribution >= 0.6 is 0 Å². The van der Waals surface area contributed by atoms with Gasteiger partial charge in [-0.2, -0.15) is 0 Å². The molecule has 0 radical (unpaired) electrons. The molecule has 1 fully saturated rings. The number of hydrogen-bond donors (Lipinski definition) is 2. The van der Waals surface area contributed by atoms with Crippen molar-refractivity contribution in [2.24, 2.45) is 0 Å². The highest BCUT2D eigenvalue weighted by Crippen LogP contribution is 2.37. The first kappa shape index (κ1) is 11.1. The highest BCUT2D eigenvalue weighted by Gasteiger charge is 2.39. The Bertz CT molecular complexity index is 426. The van der Waals surface area contributed by atoms with Crippen LogP contribution in [0, 0.1) is 0 Å². The second-order valence-corrected chi connectivity index (χ2v) is 5.25. The molecule has 0 aliphatic carbocycles. The maximum absolute atomic E-state index is 9.99. The Morgan fingerprint density at radius 1 is 1.29 bits per heavy atom. The SMILES string of the molecule is CC1(N2CCCC2)NCCc2c(O)cccc21. The van der Waals surface area contributed by atoms with Gasteiger partial charge in [0.05, 0.1) is 5.66 Å². The van der Waals surface area contributed by atoms with Crippen LogP contribution in [0.4, 0.5) is 0 Å². The maximum atomic E-state index is 9.99. The van der Waals surface area contributed by atoms with Crippen LogP contribution < -0.4 is 5.32 Å². The van der Waals surface area contributed by atoms with E-state index >= 15 is 0 Å². The van der Waals surface area contributed by atoms with Gasteiger partial charge in [-0.1, -0.05) is 12.1 Å². The van der Waals surface area contributed by atoms with Gasteiger partial charge in [-0.15, -0.1) is 0 Å². The number of fused-ring (bicyclic) bond motifs is 1. The molecular formula is C14H20N2O. The molecule has 0 aromatic heterocycles. The molecule has 1 aromatic rings. The number of nitrogens with one attached hydrogen (secondary N) is 1. The lowest BCUT2D eigenvalue weighted by atomic mass is 9.88. The van der Waals surface area contributed by atoms with Gasteiger partial charge >= 0.3 is 0 Å². The van der Waals surface area contributed by atoms with Gasteiger partial charge in [-0.25, -0.2) is 0 Å². The Balaban J connectivity index is 2.06. The predicted molar refractivity (Wildman–Crippen MR) is 68.0 cm³/mol. The van der Waals surface area contributed by atoms with Gasteiger partial charge in [0, 0.05) is 25.2 Å². The van der Waals surface area contributed by atoms with E-state index in [4.69, 9.17) is 0 Å². The van der Waals surface area contributed by atoms with Crippen molar-refractivity contribution in [2.75, 3.05) is 19.6 Å². The standard InChI is InChI=1S/C14H20N2O/c1-14(16-9-2-3-10-16)12-5-4-6-13(17)11(12)7-8-15-14/h4-6,15,17H,2-3,7-10H2,1H3. The van der Waals surface area contributed by atoms with Crippen LogP contribution in [0.3, 0.4) is 0 Å². The topological polar surface area (TPSA) is 35.5 Å². The molecule has 1 saturated heterocycles. The zero-order chi connectivity index (χ0) is 11.9. The van der Waals surface area contributed by atoms with E-state index < -0.39 is 0 Å². The molecule has 2 aliphatic rings. The lowest BCUT2D eigenvalue weighted by molar-refractivity contribution is 0.0874. The van der Waals surface area contributed by atoms with Crippen molar-refractivity contribution in [1.82, 2.24) is 10.2 Å². The van der Waals surface area contributed by atoms with E-state index in [0.29, 0.717) is 5.75 Å². The van der Waals surface area contributed by atoms with E-state index in [9.17, 15) is 5.11 Å². The van der Waals surface area contributed by atoms with Gasteiger partial charge in [0.25, 0.3) is 0 Å². The molecule has 3 heteroatoms. The summed E-state index contributed by atoms with van der Waals surface area (Å²) in [4.78, 5) is 2.50. The van der Waals surface area contributed by atoms with Crippen molar-refractivity contribution < 1.29 is 5.11 Å². The monoisotopic (exact) mass is 232 g/mol. The van der Waals surface area contributed by atoms with E-state index in [1.165, 1.54) is 18.4 Å². The summed E-state index contributed by atoms with van der Waals surface area (Å²) in [6.45, 7) is 5.49. The molecule has 0 spiro atoms. The number of benzene rings is 1. The summed E-state index contributed by atoms with van der Waals surface area (Å²) in [6, 6.07) is 5.91. The van der Waals surface area contributed by atoms with Crippen molar-refractivity contribution >= 4 is 0 Å². The Morgan fingerprint density at radius 2 is 2.06 bits per heavy atom. The predicted octanol–water partition coefficient (Wildman–Crippen LogP) is 1.81. The molecular weight excluding hydrogens is 212 g/mol. The average molecular weight is 232 g/mol. The molecule has 0 amide bonds. The van der Waals surface area contributed by atoms with Crippen LogP contribution in [0.2, 0.25) is 0 Å². The lowest BCUT2D eigenvalue weighted by Crippen LogP contribution is -2.56. The summed E-state index contributed by atoms with van der Waals surface area (Å²) >= 11 is 0. The summed E-state index contributed by atoms with van der Waals surface area (Å²) in [7, 11) is 0. The number of phenolic OH excluding ortho intramolecular Hbond substituents is 1. The third-order valence-corrected chi connectivity index (χ3v) is 4.26. The number of aromatic hydroxyl groups is 1. The van der Waals surface area contributed by atoms with E-state index in [0.717, 1.165) is 31.6 Å². The van der Waals surface area contributed by atoms with Gasteiger partial charge in [0.15, 0.2) is 0 Å². The zero-order valence-electron chi connectivity index (χ0n) is 10.4. The largest absolute Gasteiger partial charge is 0.508 e. The number of rotatable bonds is 1. The number of likely N-dealkylation sites (tertiary alicyclic amines) is 1. The van der Waals surface area contributed by atoms with Crippen LogP contribution in [0.5, 0.6) is 5.75 Å². The van der Waals surface area contributed by atoms with Crippen LogP contribution in [0.1, 0.15) is 30.9 Å². The maximum Gasteiger partial charge on any atom is 0.119 e. The lowest BCUT2D eigenvalue weighted by Gasteiger charge is -2.44. The van der Waals surface area contributed by atoms with Crippen LogP contribution in [-0.2, 0) is 12.1 Å². The minimum Gasteiger partial charge on any atom is -0.508 e. The summed E-state index contributed by atoms with van der Waals surface area (Å²) < 4.78 is 0. The molecule has 2 N–H and O–H groups in total. The van der Waals surface area contributed by atoms with Gasteiger partial charge in [0.1, 0.15) is 5.75 Å². The fraction of sp³-hybridized carbons (Fsp3) is 0.571. The highest BCUT2D eigenvalue weighted by atomic mass is 16.3. The summed E-state index contributed by atoms with van der Waals surface area (Å²) in [5, 5.41) is 13.6. The van der Waals surface area contributed by atoms with Gasteiger partial charge in [0.2, 0.25) is 0 Å². The van der Waals surface area contributed by atoms with E-state index in [1.807, 2.05) is 6.07 Å². The van der Waals surface area contributed by atoms with Gasteiger partial charge in [-0.3, -0.25) is 10.2 Å². The first-order valence-corrected chi connectivity index (χ1v) is 6.53. The Hall–Kier alpha value is -1.06. The quantitative estimate of drug-likeness (QED) is 0.775. The molecule has 92 valence electrons. The molecule has 1 unspecified atom stereocenters. The van der Waals surface area contributed by atoms with E-state index in [-0.39, 0.29) is 5.66 Å². The number of hydrogen-bond acceptors (Lipinski definition) is 3. The summed E-state index contributed by atoms with van der Waals surface area (Å²) in [6.07, 6.45) is 3.49. The molecule has 3 nitrogen and oxygen atoms in total. The van der Waals surface area contributed by atoms with Crippen LogP contribution in [-0.4, -0.2) is 29.6 Å². The van der Waals surface area contributed by atoms with Crippen molar-refractivity contribution in [1.29, 1.82) is 0 Å². The Morgan fingerprint density at radius 3 is 2.82 bits per heavy atom.